The molecule has 0 atom stereocenters. The van der Waals surface area contributed by atoms with E-state index in [1.165, 1.54) is 18.7 Å². The lowest BCUT2D eigenvalue weighted by Gasteiger charge is -2.28. The Morgan fingerprint density at radius 2 is 1.92 bits per heavy atom. The van der Waals surface area contributed by atoms with Crippen LogP contribution in [0.4, 0.5) is 0 Å². The normalized spacial score (nSPS) is 16.5. The molecule has 4 rings (SSSR count). The Morgan fingerprint density at radius 3 is 2.56 bits per heavy atom. The third-order valence-corrected chi connectivity index (χ3v) is 5.08. The van der Waals surface area contributed by atoms with E-state index in [9.17, 15) is 4.79 Å². The largest absolute Gasteiger partial charge is 0.493 e. The minimum Gasteiger partial charge on any atom is -0.493 e. The summed E-state index contributed by atoms with van der Waals surface area (Å²) in [5.74, 6) is 3.24. The number of ether oxygens (including phenoxy) is 2. The fourth-order valence-electron chi connectivity index (χ4n) is 3.53. The summed E-state index contributed by atoms with van der Waals surface area (Å²) in [7, 11) is 3.27. The molecule has 0 unspecified atom stereocenters. The number of carbonyl (C=O) groups excluding carboxylic acids is 1. The minimum absolute atomic E-state index is 0.110. The fraction of sp³-hybridized carbons (Fsp3) is 0.474. The molecule has 1 aliphatic heterocycles. The zero-order chi connectivity index (χ0) is 17.6. The van der Waals surface area contributed by atoms with Crippen molar-refractivity contribution in [3.05, 3.63) is 29.7 Å². The number of imidazole rings is 1. The van der Waals surface area contributed by atoms with Crippen LogP contribution in [0.15, 0.2) is 18.2 Å². The first-order valence-electron chi connectivity index (χ1n) is 8.69. The maximum absolute atomic E-state index is 11.9. The Hall–Kier alpha value is -2.50. The van der Waals surface area contributed by atoms with Crippen molar-refractivity contribution in [2.24, 2.45) is 0 Å². The molecule has 1 aromatic heterocycles. The Morgan fingerprint density at radius 1 is 1.16 bits per heavy atom. The fourth-order valence-corrected chi connectivity index (χ4v) is 3.53. The maximum atomic E-state index is 11.9. The highest BCUT2D eigenvalue weighted by molar-refractivity contribution is 5.74. The van der Waals surface area contributed by atoms with Gasteiger partial charge in [0.15, 0.2) is 11.5 Å². The number of hydrogen-bond acceptors (Lipinski definition) is 4. The summed E-state index contributed by atoms with van der Waals surface area (Å²) in [6.07, 6.45) is 2.41. The monoisotopic (exact) mass is 341 g/mol. The van der Waals surface area contributed by atoms with E-state index in [1.54, 1.807) is 21.1 Å². The van der Waals surface area contributed by atoms with E-state index in [1.807, 2.05) is 23.1 Å². The van der Waals surface area contributed by atoms with Gasteiger partial charge >= 0.3 is 0 Å². The minimum atomic E-state index is 0.110. The topological polar surface area (TPSA) is 56.6 Å². The number of nitrogens with zero attached hydrogens (tertiary/aromatic N) is 3. The van der Waals surface area contributed by atoms with Gasteiger partial charge in [0, 0.05) is 31.5 Å². The number of methoxy groups -OCH3 is 2. The zero-order valence-electron chi connectivity index (χ0n) is 14.9. The Kier molecular flexibility index (Phi) is 3.90. The second-order valence-corrected chi connectivity index (χ2v) is 6.70. The molecule has 0 bridgehead atoms. The average Bonchev–Trinajstić information content (AvgIpc) is 3.41. The Bertz CT molecular complexity index is 824. The van der Waals surface area contributed by atoms with Crippen LogP contribution in [0.3, 0.4) is 0 Å². The number of benzene rings is 1. The van der Waals surface area contributed by atoms with Gasteiger partial charge in [-0.2, -0.15) is 0 Å². The average molecular weight is 341 g/mol. The van der Waals surface area contributed by atoms with E-state index >= 15 is 0 Å². The van der Waals surface area contributed by atoms with Crippen molar-refractivity contribution in [1.29, 1.82) is 0 Å². The van der Waals surface area contributed by atoms with E-state index in [4.69, 9.17) is 14.5 Å². The second-order valence-electron chi connectivity index (χ2n) is 6.70. The lowest BCUT2D eigenvalue weighted by molar-refractivity contribution is -0.130. The van der Waals surface area contributed by atoms with Crippen LogP contribution >= 0.6 is 0 Å². The third-order valence-electron chi connectivity index (χ3n) is 5.08. The van der Waals surface area contributed by atoms with Crippen LogP contribution in [-0.2, 0) is 17.9 Å². The molecule has 2 heterocycles. The summed E-state index contributed by atoms with van der Waals surface area (Å²) in [4.78, 5) is 18.7. The molecule has 25 heavy (non-hydrogen) atoms. The van der Waals surface area contributed by atoms with Gasteiger partial charge in [-0.1, -0.05) is 0 Å². The van der Waals surface area contributed by atoms with Gasteiger partial charge in [0.25, 0.3) is 0 Å². The van der Waals surface area contributed by atoms with Crippen LogP contribution in [-0.4, -0.2) is 41.1 Å². The predicted molar refractivity (Wildman–Crippen MR) is 93.8 cm³/mol. The summed E-state index contributed by atoms with van der Waals surface area (Å²) in [6, 6.07) is 5.88. The molecule has 0 N–H and O–H groups in total. The van der Waals surface area contributed by atoms with Gasteiger partial charge in [0.1, 0.15) is 5.82 Å². The molecule has 132 valence electrons. The number of carbonyl (C=O) groups is 1. The smallest absolute Gasteiger partial charge is 0.219 e. The lowest BCUT2D eigenvalue weighted by Crippen LogP contribution is -2.37. The number of aromatic nitrogens is 2. The highest BCUT2D eigenvalue weighted by Crippen LogP contribution is 2.43. The molecule has 0 radical (unpaired) electrons. The van der Waals surface area contributed by atoms with Crippen LogP contribution in [0.5, 0.6) is 11.5 Å². The molecule has 0 spiro atoms. The van der Waals surface area contributed by atoms with Crippen molar-refractivity contribution in [3.8, 4) is 22.8 Å². The van der Waals surface area contributed by atoms with Crippen molar-refractivity contribution in [3.63, 3.8) is 0 Å². The summed E-state index contributed by atoms with van der Waals surface area (Å²) < 4.78 is 13.1. The Balaban J connectivity index is 1.81. The number of amides is 1. The maximum Gasteiger partial charge on any atom is 0.219 e. The molecule has 1 aliphatic carbocycles. The first-order chi connectivity index (χ1) is 12.1. The van der Waals surface area contributed by atoms with Gasteiger partial charge in [0.2, 0.25) is 5.91 Å². The highest BCUT2D eigenvalue weighted by atomic mass is 16.5. The summed E-state index contributed by atoms with van der Waals surface area (Å²) in [5, 5.41) is 0. The lowest BCUT2D eigenvalue weighted by atomic mass is 10.1. The SMILES string of the molecule is COc1ccc(-c2nc(C3CC3)n3c2CN(C(C)=O)CC3)cc1OC. The molecule has 6 heteroatoms. The second kappa shape index (κ2) is 6.10. The summed E-state index contributed by atoms with van der Waals surface area (Å²) in [6.45, 7) is 3.81. The molecule has 1 amide bonds. The third kappa shape index (κ3) is 2.75. The number of hydrogen-bond donors (Lipinski definition) is 0. The molecular formula is C19H23N3O3. The van der Waals surface area contributed by atoms with Crippen molar-refractivity contribution >= 4 is 5.91 Å². The molecule has 2 aliphatic rings. The van der Waals surface area contributed by atoms with E-state index in [0.717, 1.165) is 30.0 Å². The van der Waals surface area contributed by atoms with Crippen LogP contribution in [0.1, 0.15) is 37.2 Å². The summed E-state index contributed by atoms with van der Waals surface area (Å²) >= 11 is 0. The predicted octanol–water partition coefficient (Wildman–Crippen LogP) is 2.81. The van der Waals surface area contributed by atoms with E-state index < -0.39 is 0 Å². The van der Waals surface area contributed by atoms with Crippen molar-refractivity contribution in [2.45, 2.75) is 38.8 Å². The van der Waals surface area contributed by atoms with Crippen LogP contribution < -0.4 is 9.47 Å². The molecule has 6 nitrogen and oxygen atoms in total. The number of rotatable bonds is 4. The quantitative estimate of drug-likeness (QED) is 0.858. The van der Waals surface area contributed by atoms with Gasteiger partial charge < -0.3 is 18.9 Å². The molecule has 1 aromatic carbocycles. The van der Waals surface area contributed by atoms with E-state index in [0.29, 0.717) is 24.0 Å². The molecular weight excluding hydrogens is 318 g/mol. The zero-order valence-corrected chi connectivity index (χ0v) is 14.9. The first-order valence-corrected chi connectivity index (χ1v) is 8.69. The van der Waals surface area contributed by atoms with E-state index in [2.05, 4.69) is 4.57 Å². The molecule has 1 saturated carbocycles. The Labute approximate surface area is 147 Å². The van der Waals surface area contributed by atoms with Crippen LogP contribution in [0, 0.1) is 0 Å². The van der Waals surface area contributed by atoms with Gasteiger partial charge in [-0.15, -0.1) is 0 Å². The molecule has 0 saturated heterocycles. The van der Waals surface area contributed by atoms with Gasteiger partial charge in [-0.25, -0.2) is 4.98 Å². The first kappa shape index (κ1) is 16.0. The standard InChI is InChI=1S/C19H23N3O3/c1-12(23)21-8-9-22-15(11-21)18(20-19(22)13-4-5-13)14-6-7-16(24-2)17(10-14)25-3/h6-7,10,13H,4-5,8-9,11H2,1-3H3. The van der Waals surface area contributed by atoms with Crippen molar-refractivity contribution in [2.75, 3.05) is 20.8 Å². The van der Waals surface area contributed by atoms with Crippen LogP contribution in [0.2, 0.25) is 0 Å². The van der Waals surface area contributed by atoms with Gasteiger partial charge in [0.05, 0.1) is 32.2 Å². The van der Waals surface area contributed by atoms with Crippen molar-refractivity contribution in [1.82, 2.24) is 14.5 Å². The highest BCUT2D eigenvalue weighted by Gasteiger charge is 2.34. The van der Waals surface area contributed by atoms with Crippen molar-refractivity contribution < 1.29 is 14.3 Å². The number of fused-ring (bicyclic) bond motifs is 1. The summed E-state index contributed by atoms with van der Waals surface area (Å²) in [5.41, 5.74) is 3.07. The molecule has 2 aromatic rings. The van der Waals surface area contributed by atoms with Crippen LogP contribution in [0.25, 0.3) is 11.3 Å². The van der Waals surface area contributed by atoms with Gasteiger partial charge in [-0.3, -0.25) is 4.79 Å². The van der Waals surface area contributed by atoms with E-state index in [-0.39, 0.29) is 5.91 Å². The van der Waals surface area contributed by atoms with Gasteiger partial charge in [-0.05, 0) is 31.0 Å². The molecule has 1 fully saturated rings.